The van der Waals surface area contributed by atoms with Gasteiger partial charge in [-0.05, 0) is 12.8 Å². The van der Waals surface area contributed by atoms with E-state index in [2.05, 4.69) is 39.4 Å². The highest BCUT2D eigenvalue weighted by atomic mass is 16.2. The summed E-state index contributed by atoms with van der Waals surface area (Å²) < 4.78 is 0. The van der Waals surface area contributed by atoms with Crippen molar-refractivity contribution in [3.8, 4) is 0 Å². The van der Waals surface area contributed by atoms with Crippen LogP contribution in [0.15, 0.2) is 0 Å². The van der Waals surface area contributed by atoms with Crippen LogP contribution in [0.5, 0.6) is 0 Å². The molecule has 0 aromatic heterocycles. The van der Waals surface area contributed by atoms with Gasteiger partial charge in [0.05, 0.1) is 40.3 Å². The van der Waals surface area contributed by atoms with E-state index in [1.54, 1.807) is 4.90 Å². The van der Waals surface area contributed by atoms with E-state index in [1.807, 2.05) is 0 Å². The fraction of sp³-hybridized carbons (Fsp3) is 0.923. The van der Waals surface area contributed by atoms with Crippen LogP contribution in [-0.4, -0.2) is 130 Å². The maximum absolute atomic E-state index is 13.2. The molecule has 5 saturated heterocycles. The Labute approximate surface area is 211 Å². The number of amides is 2. The van der Waals surface area contributed by atoms with Gasteiger partial charge in [0.1, 0.15) is 24.3 Å². The first-order valence-corrected chi connectivity index (χ1v) is 14.5. The highest BCUT2D eigenvalue weighted by Crippen LogP contribution is 2.24. The van der Waals surface area contributed by atoms with Crippen LogP contribution in [0.25, 0.3) is 0 Å². The van der Waals surface area contributed by atoms with Gasteiger partial charge < -0.3 is 25.3 Å². The molecular weight excluding hydrogens is 442 g/mol. The molecule has 0 aromatic rings. The van der Waals surface area contributed by atoms with E-state index in [0.717, 1.165) is 45.6 Å². The highest BCUT2D eigenvalue weighted by molar-refractivity contribution is 5.83. The van der Waals surface area contributed by atoms with Crippen LogP contribution >= 0.6 is 0 Å². The van der Waals surface area contributed by atoms with Gasteiger partial charge in [-0.2, -0.15) is 0 Å². The Bertz CT molecular complexity index is 729. The summed E-state index contributed by atoms with van der Waals surface area (Å²) in [6.07, 6.45) is 9.55. The quantitative estimate of drug-likeness (QED) is 0.317. The predicted molar refractivity (Wildman–Crippen MR) is 134 cm³/mol. The fourth-order valence-electron chi connectivity index (χ4n) is 7.60. The number of nitrogens with two attached hydrogens (primary N) is 1. The topological polar surface area (TPSA) is 81.4 Å². The number of piperidine rings is 2. The van der Waals surface area contributed by atoms with E-state index in [1.165, 1.54) is 56.6 Å². The van der Waals surface area contributed by atoms with Crippen molar-refractivity contribution in [3.05, 3.63) is 0 Å². The molecule has 0 spiro atoms. The maximum Gasteiger partial charge on any atom is 0.243 e. The number of nitrogens with one attached hydrogen (secondary N) is 3. The Balaban J connectivity index is 1.11. The summed E-state index contributed by atoms with van der Waals surface area (Å²) in [7, 11) is 4.55. The second-order valence-corrected chi connectivity index (χ2v) is 12.0. The Hall–Kier alpha value is -1.26. The molecule has 5 atom stereocenters. The molecule has 35 heavy (non-hydrogen) atoms. The largest absolute Gasteiger partial charge is 0.349 e. The van der Waals surface area contributed by atoms with Crippen LogP contribution in [0.4, 0.5) is 0 Å². The lowest BCUT2D eigenvalue weighted by Gasteiger charge is -2.39. The number of likely N-dealkylation sites (tertiary alicyclic amines) is 2. The van der Waals surface area contributed by atoms with E-state index in [-0.39, 0.29) is 11.9 Å². The van der Waals surface area contributed by atoms with Crippen molar-refractivity contribution in [2.45, 2.75) is 81.7 Å². The minimum absolute atomic E-state index is 0.00350. The molecule has 5 heterocycles. The van der Waals surface area contributed by atoms with Crippen LogP contribution in [0.2, 0.25) is 0 Å². The molecule has 5 rings (SSSR count). The molecule has 5 aliphatic rings. The van der Waals surface area contributed by atoms with Crippen LogP contribution in [0.1, 0.15) is 51.4 Å². The standard InChI is InChI=1S/C26H47N7O2/c1-29-12-8-20(9-13-29)33-14-10-22-25(33)26(35)28-19-21(30(22)2)6-7-24(34)32-17-15-31(16-18-32)23-5-3-4-11-27-23/h20-23,25,27H,3-19H2,1-2H3,(H,28,35)/p+3. The molecule has 0 saturated carbocycles. The molecular formula is C26H50N7O2+3. The van der Waals surface area contributed by atoms with Gasteiger partial charge in [0.2, 0.25) is 11.8 Å². The average molecular weight is 493 g/mol. The van der Waals surface area contributed by atoms with Gasteiger partial charge in [-0.3, -0.25) is 19.4 Å². The van der Waals surface area contributed by atoms with Crippen molar-refractivity contribution in [1.29, 1.82) is 0 Å². The first-order chi connectivity index (χ1) is 17.0. The zero-order chi connectivity index (χ0) is 24.4. The minimum atomic E-state index is 0.00350. The molecule has 5 N–H and O–H groups in total. The van der Waals surface area contributed by atoms with Crippen LogP contribution in [-0.2, 0) is 9.59 Å². The molecule has 9 nitrogen and oxygen atoms in total. The van der Waals surface area contributed by atoms with E-state index < -0.39 is 0 Å². The minimum Gasteiger partial charge on any atom is -0.349 e. The molecule has 0 aromatic carbocycles. The Morgan fingerprint density at radius 2 is 1.80 bits per heavy atom. The van der Waals surface area contributed by atoms with E-state index >= 15 is 0 Å². The summed E-state index contributed by atoms with van der Waals surface area (Å²) in [6, 6.07) is 1.22. The molecule has 5 aliphatic heterocycles. The molecule has 198 valence electrons. The predicted octanol–water partition coefficient (Wildman–Crippen LogP) is -3.88. The lowest BCUT2D eigenvalue weighted by atomic mass is 10.0. The zero-order valence-corrected chi connectivity index (χ0v) is 22.1. The van der Waals surface area contributed by atoms with Crippen molar-refractivity contribution in [2.24, 2.45) is 0 Å². The Morgan fingerprint density at radius 3 is 2.51 bits per heavy atom. The number of hydrogen-bond donors (Lipinski definition) is 4. The molecule has 0 bridgehead atoms. The van der Waals surface area contributed by atoms with Crippen molar-refractivity contribution in [3.63, 3.8) is 0 Å². The number of likely N-dealkylation sites (N-methyl/N-ethyl adjacent to an activating group) is 1. The first-order valence-electron chi connectivity index (χ1n) is 14.5. The third kappa shape index (κ3) is 5.69. The maximum atomic E-state index is 13.2. The number of carbonyl (C=O) groups is 2. The number of quaternary nitrogens is 3. The number of rotatable bonds is 5. The average Bonchev–Trinajstić information content (AvgIpc) is 3.30. The van der Waals surface area contributed by atoms with Crippen LogP contribution in [0.3, 0.4) is 0 Å². The lowest BCUT2D eigenvalue weighted by molar-refractivity contribution is -0.928. The van der Waals surface area contributed by atoms with Crippen molar-refractivity contribution in [2.75, 3.05) is 73.0 Å². The summed E-state index contributed by atoms with van der Waals surface area (Å²) in [5, 5.41) is 5.77. The fourth-order valence-corrected chi connectivity index (χ4v) is 7.60. The number of nitrogens with zero attached hydrogens (tertiary/aromatic N) is 3. The van der Waals surface area contributed by atoms with Gasteiger partial charge in [-0.25, -0.2) is 0 Å². The molecule has 5 fully saturated rings. The zero-order valence-electron chi connectivity index (χ0n) is 22.1. The first kappa shape index (κ1) is 25.4. The van der Waals surface area contributed by atoms with E-state index in [0.29, 0.717) is 43.2 Å². The van der Waals surface area contributed by atoms with Gasteiger partial charge >= 0.3 is 0 Å². The highest BCUT2D eigenvalue weighted by Gasteiger charge is 2.50. The van der Waals surface area contributed by atoms with Crippen molar-refractivity contribution in [1.82, 2.24) is 20.0 Å². The molecule has 0 aliphatic carbocycles. The number of fused-ring (bicyclic) bond motifs is 1. The van der Waals surface area contributed by atoms with E-state index in [4.69, 9.17) is 0 Å². The van der Waals surface area contributed by atoms with E-state index in [9.17, 15) is 9.59 Å². The Morgan fingerprint density at radius 1 is 1.03 bits per heavy atom. The summed E-state index contributed by atoms with van der Waals surface area (Å²) in [6.45, 7) is 9.15. The van der Waals surface area contributed by atoms with Crippen molar-refractivity contribution < 1.29 is 24.7 Å². The third-order valence-electron chi connectivity index (χ3n) is 9.97. The summed E-state index contributed by atoms with van der Waals surface area (Å²) in [5.41, 5.74) is 0. The second kappa shape index (κ2) is 11.4. The van der Waals surface area contributed by atoms with Gasteiger partial charge in [0, 0.05) is 77.3 Å². The van der Waals surface area contributed by atoms with Crippen LogP contribution in [0, 0.1) is 0 Å². The monoisotopic (exact) mass is 492 g/mol. The SMILES string of the molecule is C[NH+]1CCC(N2CCC3C2C(=O)NCC(CCC(=O)N2CCN(C4CCCC[NH2+]4)CC2)[NH+]3C)CC1. The van der Waals surface area contributed by atoms with Crippen LogP contribution < -0.4 is 20.4 Å². The molecule has 9 heteroatoms. The van der Waals surface area contributed by atoms with Gasteiger partial charge in [0.25, 0.3) is 0 Å². The Kier molecular flexibility index (Phi) is 8.29. The molecule has 2 amide bonds. The molecule has 0 radical (unpaired) electrons. The lowest BCUT2D eigenvalue weighted by Crippen LogP contribution is -3.18. The van der Waals surface area contributed by atoms with Crippen molar-refractivity contribution >= 4 is 11.8 Å². The molecule has 5 unspecified atom stereocenters. The normalized spacial score (nSPS) is 39.7. The third-order valence-corrected chi connectivity index (χ3v) is 9.97. The summed E-state index contributed by atoms with van der Waals surface area (Å²) in [5.74, 6) is 0.529. The number of hydrogen-bond acceptors (Lipinski definition) is 4. The van der Waals surface area contributed by atoms with Gasteiger partial charge in [0.15, 0.2) is 0 Å². The van der Waals surface area contributed by atoms with Gasteiger partial charge in [-0.15, -0.1) is 0 Å². The number of piperazine rings is 1. The summed E-state index contributed by atoms with van der Waals surface area (Å²) >= 11 is 0. The number of carbonyl (C=O) groups excluding carboxylic acids is 2. The van der Waals surface area contributed by atoms with Gasteiger partial charge in [-0.1, -0.05) is 0 Å². The smallest absolute Gasteiger partial charge is 0.243 e. The summed E-state index contributed by atoms with van der Waals surface area (Å²) in [4.78, 5) is 36.6. The second-order valence-electron chi connectivity index (χ2n) is 12.0.